The Bertz CT molecular complexity index is 799. The molecule has 6 heteroatoms. The second-order valence-electron chi connectivity index (χ2n) is 6.87. The molecule has 1 saturated heterocycles. The van der Waals surface area contributed by atoms with Crippen molar-refractivity contribution in [3.05, 3.63) is 54.1 Å². The summed E-state index contributed by atoms with van der Waals surface area (Å²) in [5, 5.41) is 0. The van der Waals surface area contributed by atoms with E-state index in [1.54, 1.807) is 11.8 Å². The number of piperazine rings is 1. The summed E-state index contributed by atoms with van der Waals surface area (Å²) in [5.41, 5.74) is 1.20. The number of hydrogen-bond donors (Lipinski definition) is 0. The largest absolute Gasteiger partial charge is 0.486 e. The average Bonchev–Trinajstić information content (AvgIpc) is 2.72. The summed E-state index contributed by atoms with van der Waals surface area (Å²) < 4.78 is 11.2. The van der Waals surface area contributed by atoms with Gasteiger partial charge in [-0.15, -0.1) is 11.8 Å². The molecule has 142 valence electrons. The zero-order chi connectivity index (χ0) is 18.6. The van der Waals surface area contributed by atoms with Gasteiger partial charge < -0.3 is 19.3 Å². The molecule has 2 aliphatic rings. The van der Waals surface area contributed by atoms with Gasteiger partial charge in [-0.05, 0) is 30.8 Å². The number of ether oxygens (including phenoxy) is 2. The molecule has 0 spiro atoms. The third-order valence-electron chi connectivity index (χ3n) is 4.96. The summed E-state index contributed by atoms with van der Waals surface area (Å²) in [6.07, 6.45) is 0. The molecule has 0 aromatic heterocycles. The van der Waals surface area contributed by atoms with Gasteiger partial charge in [0.25, 0.3) is 0 Å². The third kappa shape index (κ3) is 4.22. The molecule has 5 nitrogen and oxygen atoms in total. The van der Waals surface area contributed by atoms with E-state index in [9.17, 15) is 4.79 Å². The molecule has 0 aliphatic carbocycles. The number of rotatable bonds is 4. The Morgan fingerprint density at radius 3 is 2.67 bits per heavy atom. The van der Waals surface area contributed by atoms with Gasteiger partial charge in [0.05, 0.1) is 11.8 Å². The second kappa shape index (κ2) is 8.23. The van der Waals surface area contributed by atoms with E-state index in [1.165, 1.54) is 5.56 Å². The van der Waals surface area contributed by atoms with E-state index in [4.69, 9.17) is 9.47 Å². The van der Waals surface area contributed by atoms with Gasteiger partial charge in [0.2, 0.25) is 5.91 Å². The van der Waals surface area contributed by atoms with Gasteiger partial charge >= 0.3 is 0 Å². The van der Waals surface area contributed by atoms with Crippen molar-refractivity contribution < 1.29 is 14.3 Å². The summed E-state index contributed by atoms with van der Waals surface area (Å²) in [6.45, 7) is 3.69. The first-order chi connectivity index (χ1) is 13.2. The van der Waals surface area contributed by atoms with Crippen molar-refractivity contribution in [3.63, 3.8) is 0 Å². The van der Waals surface area contributed by atoms with Crippen LogP contribution in [-0.4, -0.2) is 61.4 Å². The first-order valence-electron chi connectivity index (χ1n) is 9.26. The zero-order valence-electron chi connectivity index (χ0n) is 15.5. The minimum absolute atomic E-state index is 0.110. The van der Waals surface area contributed by atoms with E-state index in [0.717, 1.165) is 36.0 Å². The minimum Gasteiger partial charge on any atom is -0.486 e. The highest BCUT2D eigenvalue weighted by atomic mass is 32.2. The van der Waals surface area contributed by atoms with Crippen molar-refractivity contribution in [1.29, 1.82) is 0 Å². The fourth-order valence-corrected chi connectivity index (χ4v) is 4.33. The minimum atomic E-state index is 0.110. The van der Waals surface area contributed by atoms with Crippen LogP contribution in [0.4, 0.5) is 0 Å². The van der Waals surface area contributed by atoms with Crippen molar-refractivity contribution in [1.82, 2.24) is 9.80 Å². The number of carbonyl (C=O) groups excluding carboxylic acids is 1. The molecule has 27 heavy (non-hydrogen) atoms. The van der Waals surface area contributed by atoms with Crippen LogP contribution >= 0.6 is 11.8 Å². The molecular weight excluding hydrogens is 360 g/mol. The number of nitrogens with zero attached hydrogens (tertiary/aromatic N) is 2. The first kappa shape index (κ1) is 18.2. The van der Waals surface area contributed by atoms with E-state index in [0.29, 0.717) is 19.0 Å². The van der Waals surface area contributed by atoms with E-state index in [2.05, 4.69) is 24.1 Å². The first-order valence-corrected chi connectivity index (χ1v) is 10.2. The van der Waals surface area contributed by atoms with Crippen molar-refractivity contribution >= 4 is 17.7 Å². The molecule has 0 radical (unpaired) electrons. The number of hydrogen-bond acceptors (Lipinski definition) is 5. The molecular formula is C21H24N2O3S. The Balaban J connectivity index is 1.43. The highest BCUT2D eigenvalue weighted by molar-refractivity contribution is 8.00. The van der Waals surface area contributed by atoms with Crippen LogP contribution in [0.5, 0.6) is 11.5 Å². The van der Waals surface area contributed by atoms with Crippen LogP contribution in [0.2, 0.25) is 0 Å². The predicted molar refractivity (Wildman–Crippen MR) is 107 cm³/mol. The lowest BCUT2D eigenvalue weighted by atomic mass is 10.0. The topological polar surface area (TPSA) is 42.0 Å². The van der Waals surface area contributed by atoms with Crippen LogP contribution in [0, 0.1) is 0 Å². The zero-order valence-corrected chi connectivity index (χ0v) is 16.3. The molecule has 4 rings (SSSR count). The molecule has 1 amide bonds. The Kier molecular flexibility index (Phi) is 5.55. The van der Waals surface area contributed by atoms with Gasteiger partial charge in [-0.1, -0.05) is 30.3 Å². The molecule has 1 fully saturated rings. The molecule has 0 unspecified atom stereocenters. The monoisotopic (exact) mass is 384 g/mol. The number of benzene rings is 2. The maximum atomic E-state index is 13.0. The summed E-state index contributed by atoms with van der Waals surface area (Å²) in [4.78, 5) is 18.3. The predicted octanol–water partition coefficient (Wildman–Crippen LogP) is 3.07. The van der Waals surface area contributed by atoms with Crippen LogP contribution in [0.3, 0.4) is 0 Å². The standard InChI is InChI=1S/C21H24N2O3S/c1-22-9-10-23(18(14-22)16-5-3-2-4-6-16)21(24)15-27-17-7-8-19-20(13-17)26-12-11-25-19/h2-8,13,18H,9-12,14-15H2,1H3/t18-/m0/s1. The van der Waals surface area contributed by atoms with Crippen LogP contribution in [0.1, 0.15) is 11.6 Å². The summed E-state index contributed by atoms with van der Waals surface area (Å²) in [5.74, 6) is 2.14. The maximum Gasteiger partial charge on any atom is 0.233 e. The normalized spacial score (nSPS) is 19.7. The van der Waals surface area contributed by atoms with Gasteiger partial charge in [0, 0.05) is 24.5 Å². The number of carbonyl (C=O) groups is 1. The Morgan fingerprint density at radius 1 is 1.07 bits per heavy atom. The fourth-order valence-electron chi connectivity index (χ4n) is 3.52. The highest BCUT2D eigenvalue weighted by Gasteiger charge is 2.30. The number of fused-ring (bicyclic) bond motifs is 1. The Morgan fingerprint density at radius 2 is 1.85 bits per heavy atom. The lowest BCUT2D eigenvalue weighted by Crippen LogP contribution is -2.49. The second-order valence-corrected chi connectivity index (χ2v) is 7.92. The fraction of sp³-hybridized carbons (Fsp3) is 0.381. The Hall–Kier alpha value is -2.18. The van der Waals surface area contributed by atoms with Crippen LogP contribution < -0.4 is 9.47 Å². The summed E-state index contributed by atoms with van der Waals surface area (Å²) >= 11 is 1.55. The summed E-state index contributed by atoms with van der Waals surface area (Å²) in [7, 11) is 2.11. The molecule has 2 aliphatic heterocycles. The van der Waals surface area contributed by atoms with Gasteiger partial charge in [-0.3, -0.25) is 4.79 Å². The average molecular weight is 385 g/mol. The molecule has 1 atom stereocenters. The van der Waals surface area contributed by atoms with Crippen molar-refractivity contribution in [3.8, 4) is 11.5 Å². The van der Waals surface area contributed by atoms with Crippen molar-refractivity contribution in [2.24, 2.45) is 0 Å². The highest BCUT2D eigenvalue weighted by Crippen LogP contribution is 2.34. The van der Waals surface area contributed by atoms with E-state index >= 15 is 0 Å². The summed E-state index contributed by atoms with van der Waals surface area (Å²) in [6, 6.07) is 16.3. The van der Waals surface area contributed by atoms with Gasteiger partial charge in [0.1, 0.15) is 13.2 Å². The maximum absolute atomic E-state index is 13.0. The molecule has 0 bridgehead atoms. The lowest BCUT2D eigenvalue weighted by molar-refractivity contribution is -0.133. The van der Waals surface area contributed by atoms with Crippen LogP contribution in [0.25, 0.3) is 0 Å². The molecule has 2 heterocycles. The smallest absolute Gasteiger partial charge is 0.233 e. The number of likely N-dealkylation sites (N-methyl/N-ethyl adjacent to an activating group) is 1. The molecule has 2 aromatic rings. The van der Waals surface area contributed by atoms with Crippen LogP contribution in [-0.2, 0) is 4.79 Å². The van der Waals surface area contributed by atoms with Crippen LogP contribution in [0.15, 0.2) is 53.4 Å². The van der Waals surface area contributed by atoms with Crippen molar-refractivity contribution in [2.75, 3.05) is 45.6 Å². The van der Waals surface area contributed by atoms with Gasteiger partial charge in [-0.25, -0.2) is 0 Å². The Labute approximate surface area is 164 Å². The number of thioether (sulfide) groups is 1. The van der Waals surface area contributed by atoms with Crippen molar-refractivity contribution in [2.45, 2.75) is 10.9 Å². The lowest BCUT2D eigenvalue weighted by Gasteiger charge is -2.40. The van der Waals surface area contributed by atoms with Gasteiger partial charge in [-0.2, -0.15) is 0 Å². The van der Waals surface area contributed by atoms with E-state index in [1.807, 2.05) is 41.3 Å². The third-order valence-corrected chi connectivity index (χ3v) is 5.94. The van der Waals surface area contributed by atoms with Gasteiger partial charge in [0.15, 0.2) is 11.5 Å². The quantitative estimate of drug-likeness (QED) is 0.758. The molecule has 2 aromatic carbocycles. The van der Waals surface area contributed by atoms with E-state index < -0.39 is 0 Å². The molecule has 0 saturated carbocycles. The SMILES string of the molecule is CN1CCN(C(=O)CSc2ccc3c(c2)OCCO3)[C@H](c2ccccc2)C1. The van der Waals surface area contributed by atoms with E-state index in [-0.39, 0.29) is 11.9 Å². The molecule has 0 N–H and O–H groups in total. The number of amides is 1.